The van der Waals surface area contributed by atoms with E-state index in [0.29, 0.717) is 63.5 Å². The Morgan fingerprint density at radius 3 is 1.75 bits per heavy atom. The molecule has 1 heterocycles. The third-order valence-corrected chi connectivity index (χ3v) is 7.83. The molecule has 0 fully saturated rings. The molecule has 14 nitrogen and oxygen atoms in total. The predicted octanol–water partition coefficient (Wildman–Crippen LogP) is 6.15. The monoisotopic (exact) mass is 741 g/mol. The molecule has 0 saturated heterocycles. The number of nitrogens with one attached hydrogen (secondary N) is 1. The van der Waals surface area contributed by atoms with Gasteiger partial charge in [0.2, 0.25) is 23.6 Å². The van der Waals surface area contributed by atoms with Crippen LogP contribution in [0.3, 0.4) is 0 Å². The summed E-state index contributed by atoms with van der Waals surface area (Å²) in [4.78, 5) is 58.6. The second-order valence-electron chi connectivity index (χ2n) is 13.9. The first-order valence-corrected chi connectivity index (χ1v) is 19.3. The van der Waals surface area contributed by atoms with E-state index in [1.54, 1.807) is 0 Å². The van der Waals surface area contributed by atoms with Gasteiger partial charge in [-0.1, -0.05) is 71.1 Å². The number of nitrogens with zero attached hydrogens (tertiary/aromatic N) is 2. The lowest BCUT2D eigenvalue weighted by atomic mass is 10.0. The first-order valence-electron chi connectivity index (χ1n) is 19.3. The Labute approximate surface area is 310 Å². The average molecular weight is 742 g/mol. The van der Waals surface area contributed by atoms with Crippen LogP contribution >= 0.6 is 0 Å². The van der Waals surface area contributed by atoms with E-state index in [1.165, 1.54) is 62.1 Å². The highest BCUT2D eigenvalue weighted by molar-refractivity contribution is 5.81. The second-order valence-corrected chi connectivity index (χ2v) is 13.9. The summed E-state index contributed by atoms with van der Waals surface area (Å²) < 4.78 is 17.0. The molecule has 2 amide bonds. The Morgan fingerprint density at radius 1 is 0.673 bits per heavy atom. The van der Waals surface area contributed by atoms with Crippen molar-refractivity contribution in [2.75, 3.05) is 46.1 Å². The quantitative estimate of drug-likeness (QED) is 0.0439. The van der Waals surface area contributed by atoms with Crippen molar-refractivity contribution >= 4 is 23.8 Å². The summed E-state index contributed by atoms with van der Waals surface area (Å²) in [5.74, 6) is -2.03. The number of unbranched alkanes of at least 4 members (excludes halogenated alkanes) is 11. The van der Waals surface area contributed by atoms with Gasteiger partial charge in [0.05, 0.1) is 32.8 Å². The van der Waals surface area contributed by atoms with Crippen LogP contribution in [0.15, 0.2) is 12.1 Å². The number of carbonyl (C=O) groups is 4. The van der Waals surface area contributed by atoms with Crippen molar-refractivity contribution in [1.82, 2.24) is 15.1 Å². The molecule has 0 aliphatic carbocycles. The number of aromatic hydroxyl groups is 2. The maximum Gasteiger partial charge on any atom is 0.333 e. The molecule has 0 saturated carbocycles. The largest absolute Gasteiger partial charge is 0.492 e. The van der Waals surface area contributed by atoms with Gasteiger partial charge >= 0.3 is 11.9 Å². The summed E-state index contributed by atoms with van der Waals surface area (Å²) in [7, 11) is 0. The van der Waals surface area contributed by atoms with Crippen molar-refractivity contribution in [2.24, 2.45) is 0 Å². The van der Waals surface area contributed by atoms with Gasteiger partial charge in [-0.15, -0.1) is 4.73 Å². The molecule has 3 N–H and O–H groups in total. The summed E-state index contributed by atoms with van der Waals surface area (Å²) in [5.41, 5.74) is -0.399. The Bertz CT molecular complexity index is 1100. The molecule has 0 spiro atoms. The minimum atomic E-state index is -0.770. The fraction of sp³-hybridized carbons (Fsp3) is 0.789. The number of rotatable bonds is 32. The fourth-order valence-corrected chi connectivity index (χ4v) is 5.17. The zero-order valence-corrected chi connectivity index (χ0v) is 32.3. The number of amides is 2. The number of hydrogen-bond donors (Lipinski definition) is 3. The molecular formula is C38H67N3O11. The summed E-state index contributed by atoms with van der Waals surface area (Å²) in [5, 5.41) is 23.1. The number of ether oxygens (including phenoxy) is 3. The van der Waals surface area contributed by atoms with Crippen molar-refractivity contribution in [1.29, 1.82) is 0 Å². The lowest BCUT2D eigenvalue weighted by Gasteiger charge is -2.21. The van der Waals surface area contributed by atoms with E-state index in [0.717, 1.165) is 38.5 Å². The van der Waals surface area contributed by atoms with Gasteiger partial charge in [0.25, 0.3) is 0 Å². The molecule has 0 bridgehead atoms. The predicted molar refractivity (Wildman–Crippen MR) is 196 cm³/mol. The third kappa shape index (κ3) is 25.6. The zero-order valence-electron chi connectivity index (χ0n) is 32.3. The first-order chi connectivity index (χ1) is 24.9. The van der Waals surface area contributed by atoms with Gasteiger partial charge in [0, 0.05) is 51.1 Å². The van der Waals surface area contributed by atoms with Crippen LogP contribution < -0.4 is 10.2 Å². The van der Waals surface area contributed by atoms with Gasteiger partial charge in [-0.3, -0.25) is 19.2 Å². The summed E-state index contributed by atoms with van der Waals surface area (Å²) in [6.07, 6.45) is 15.7. The second kappa shape index (κ2) is 29.1. The van der Waals surface area contributed by atoms with Crippen LogP contribution in [0.1, 0.15) is 143 Å². The number of esters is 1. The van der Waals surface area contributed by atoms with E-state index in [4.69, 9.17) is 23.9 Å². The molecule has 1 aromatic heterocycles. The molecule has 1 aromatic rings. The molecule has 1 rings (SSSR count). The maximum atomic E-state index is 12.7. The van der Waals surface area contributed by atoms with Crippen LogP contribution in [0.5, 0.6) is 11.8 Å². The SMILES string of the molecule is CCCN(OCCOCCOCCCNC(=O)CCC(=O)On1c(O)ccc1O)C(=O)CCCCCCCCCCCCCCC(=O)OC(C)(C)C. The topological polar surface area (TPSA) is 175 Å². The van der Waals surface area contributed by atoms with E-state index >= 15 is 0 Å². The Morgan fingerprint density at radius 2 is 1.19 bits per heavy atom. The van der Waals surface area contributed by atoms with Gasteiger partial charge in [-0.25, -0.2) is 9.86 Å². The highest BCUT2D eigenvalue weighted by Crippen LogP contribution is 2.19. The van der Waals surface area contributed by atoms with E-state index in [9.17, 15) is 29.4 Å². The highest BCUT2D eigenvalue weighted by atomic mass is 16.7. The van der Waals surface area contributed by atoms with Crippen LogP contribution in [0, 0.1) is 0 Å². The Hall–Kier alpha value is -3.36. The third-order valence-electron chi connectivity index (χ3n) is 7.83. The number of aromatic nitrogens is 1. The van der Waals surface area contributed by atoms with Crippen molar-refractivity contribution in [3.05, 3.63) is 12.1 Å². The minimum absolute atomic E-state index is 0.0146. The van der Waals surface area contributed by atoms with Gasteiger partial charge in [-0.05, 0) is 46.5 Å². The van der Waals surface area contributed by atoms with Crippen LogP contribution in [0.4, 0.5) is 0 Å². The minimum Gasteiger partial charge on any atom is -0.492 e. The standard InChI is InChI=1S/C38H67N3O11/c1-5-26-40(33(43)19-16-14-12-10-8-6-7-9-11-13-15-17-20-36(46)51-38(2,3)4)50-31-30-49-29-28-48-27-18-25-39-32(42)21-24-37(47)52-41-34(44)22-23-35(41)45/h22-23,44-45H,5-21,24-31H2,1-4H3,(H,39,42). The summed E-state index contributed by atoms with van der Waals surface area (Å²) in [6.45, 7) is 10.5. The van der Waals surface area contributed by atoms with E-state index in [1.807, 2.05) is 27.7 Å². The van der Waals surface area contributed by atoms with Gasteiger partial charge in [-0.2, -0.15) is 0 Å². The number of carbonyl (C=O) groups excluding carboxylic acids is 4. The summed E-state index contributed by atoms with van der Waals surface area (Å²) >= 11 is 0. The molecule has 52 heavy (non-hydrogen) atoms. The Balaban J connectivity index is 1.92. The lowest BCUT2D eigenvalue weighted by Crippen LogP contribution is -2.33. The Kier molecular flexibility index (Phi) is 26.1. The van der Waals surface area contributed by atoms with E-state index in [2.05, 4.69) is 5.32 Å². The molecule has 14 heteroatoms. The normalized spacial score (nSPS) is 11.4. The van der Waals surface area contributed by atoms with Gasteiger partial charge in [0.1, 0.15) is 5.60 Å². The van der Waals surface area contributed by atoms with E-state index < -0.39 is 23.3 Å². The number of hydrogen-bond acceptors (Lipinski definition) is 11. The highest BCUT2D eigenvalue weighted by Gasteiger charge is 2.16. The van der Waals surface area contributed by atoms with E-state index in [-0.39, 0.29) is 37.2 Å². The molecule has 300 valence electrons. The number of hydroxylamine groups is 2. The maximum absolute atomic E-state index is 12.7. The van der Waals surface area contributed by atoms with Crippen LogP contribution in [-0.4, -0.2) is 95.5 Å². The van der Waals surface area contributed by atoms with Crippen molar-refractivity contribution < 1.29 is 53.3 Å². The molecular weight excluding hydrogens is 674 g/mol. The lowest BCUT2D eigenvalue weighted by molar-refractivity contribution is -0.191. The molecule has 0 aliphatic heterocycles. The van der Waals surface area contributed by atoms with Crippen molar-refractivity contribution in [3.8, 4) is 11.8 Å². The first kappa shape index (κ1) is 46.7. The van der Waals surface area contributed by atoms with Crippen molar-refractivity contribution in [2.45, 2.75) is 149 Å². The van der Waals surface area contributed by atoms with Crippen LogP contribution in [-0.2, 0) is 38.2 Å². The summed E-state index contributed by atoms with van der Waals surface area (Å²) in [6, 6.07) is 2.34. The molecule has 0 aliphatic rings. The molecule has 0 radical (unpaired) electrons. The van der Waals surface area contributed by atoms with Crippen molar-refractivity contribution in [3.63, 3.8) is 0 Å². The van der Waals surface area contributed by atoms with Crippen LogP contribution in [0.25, 0.3) is 0 Å². The van der Waals surface area contributed by atoms with Crippen LogP contribution in [0.2, 0.25) is 0 Å². The molecule has 0 unspecified atom stereocenters. The molecule has 0 atom stereocenters. The van der Waals surface area contributed by atoms with Gasteiger partial charge < -0.3 is 34.6 Å². The molecule has 0 aromatic carbocycles. The smallest absolute Gasteiger partial charge is 0.333 e. The fourth-order valence-electron chi connectivity index (χ4n) is 5.17. The van der Waals surface area contributed by atoms with Gasteiger partial charge in [0.15, 0.2) is 0 Å². The zero-order chi connectivity index (χ0) is 38.5. The average Bonchev–Trinajstić information content (AvgIpc) is 3.40.